The third-order valence-corrected chi connectivity index (χ3v) is 2.55. The standard InChI is InChI=1S/C12H9NO/c1-2-10-4-3-5-11(8-10)12(6-7-12)13-9-14/h1,3-5,8H,6-7H2. The van der Waals surface area contributed by atoms with E-state index in [9.17, 15) is 4.79 Å². The molecule has 0 bridgehead atoms. The first-order valence-corrected chi connectivity index (χ1v) is 4.47. The molecule has 1 aromatic rings. The molecule has 2 rings (SSSR count). The van der Waals surface area contributed by atoms with Gasteiger partial charge in [-0.15, -0.1) is 6.42 Å². The van der Waals surface area contributed by atoms with Gasteiger partial charge >= 0.3 is 0 Å². The zero-order chi connectivity index (χ0) is 10.0. The normalized spacial score (nSPS) is 16.5. The topological polar surface area (TPSA) is 29.4 Å². The number of nitrogens with zero attached hydrogens (tertiary/aromatic N) is 1. The average molecular weight is 183 g/mol. The van der Waals surface area contributed by atoms with Gasteiger partial charge in [0.05, 0.1) is 5.54 Å². The van der Waals surface area contributed by atoms with Crippen molar-refractivity contribution in [3.63, 3.8) is 0 Å². The Morgan fingerprint density at radius 3 is 2.79 bits per heavy atom. The Kier molecular flexibility index (Phi) is 1.96. The minimum absolute atomic E-state index is 0.311. The Bertz CT molecular complexity index is 446. The van der Waals surface area contributed by atoms with Crippen LogP contribution in [0.3, 0.4) is 0 Å². The highest BCUT2D eigenvalue weighted by molar-refractivity contribution is 5.44. The van der Waals surface area contributed by atoms with E-state index < -0.39 is 0 Å². The summed E-state index contributed by atoms with van der Waals surface area (Å²) in [5.41, 5.74) is 1.54. The van der Waals surface area contributed by atoms with Crippen LogP contribution in [-0.4, -0.2) is 6.08 Å². The molecule has 0 heterocycles. The summed E-state index contributed by atoms with van der Waals surface area (Å²) in [4.78, 5) is 14.1. The quantitative estimate of drug-likeness (QED) is 0.391. The molecule has 0 N–H and O–H groups in total. The number of rotatable bonds is 2. The number of hydrogen-bond acceptors (Lipinski definition) is 2. The van der Waals surface area contributed by atoms with Gasteiger partial charge in [-0.2, -0.15) is 4.99 Å². The van der Waals surface area contributed by atoms with Crippen LogP contribution in [0.2, 0.25) is 0 Å². The van der Waals surface area contributed by atoms with Gasteiger partial charge in [0.2, 0.25) is 6.08 Å². The van der Waals surface area contributed by atoms with Gasteiger partial charge in [-0.3, -0.25) is 0 Å². The number of terminal acetylenes is 1. The van der Waals surface area contributed by atoms with Gasteiger partial charge < -0.3 is 0 Å². The molecule has 68 valence electrons. The van der Waals surface area contributed by atoms with Crippen LogP contribution in [0.1, 0.15) is 24.0 Å². The maximum Gasteiger partial charge on any atom is 0.235 e. The van der Waals surface area contributed by atoms with E-state index in [1.54, 1.807) is 6.08 Å². The van der Waals surface area contributed by atoms with E-state index >= 15 is 0 Å². The van der Waals surface area contributed by atoms with Crippen LogP contribution in [0.25, 0.3) is 0 Å². The van der Waals surface area contributed by atoms with Gasteiger partial charge in [0.15, 0.2) is 0 Å². The summed E-state index contributed by atoms with van der Waals surface area (Å²) in [6.07, 6.45) is 8.75. The van der Waals surface area contributed by atoms with Gasteiger partial charge in [-0.1, -0.05) is 18.1 Å². The van der Waals surface area contributed by atoms with Crippen molar-refractivity contribution in [3.8, 4) is 12.3 Å². The lowest BCUT2D eigenvalue weighted by Crippen LogP contribution is -2.01. The Balaban J connectivity index is 2.43. The molecule has 0 aliphatic heterocycles. The Morgan fingerprint density at radius 2 is 2.21 bits per heavy atom. The Hall–Kier alpha value is -1.84. The van der Waals surface area contributed by atoms with Crippen LogP contribution >= 0.6 is 0 Å². The van der Waals surface area contributed by atoms with Crippen molar-refractivity contribution in [1.29, 1.82) is 0 Å². The largest absolute Gasteiger partial charge is 0.235 e. The van der Waals surface area contributed by atoms with Gasteiger partial charge in [-0.05, 0) is 30.5 Å². The van der Waals surface area contributed by atoms with Crippen LogP contribution < -0.4 is 0 Å². The zero-order valence-corrected chi connectivity index (χ0v) is 7.66. The fourth-order valence-electron chi connectivity index (χ4n) is 1.57. The average Bonchev–Trinajstić information content (AvgIpc) is 3.00. The van der Waals surface area contributed by atoms with Crippen molar-refractivity contribution >= 4 is 6.08 Å². The second-order valence-electron chi connectivity index (χ2n) is 3.46. The maximum atomic E-state index is 10.3. The molecule has 0 atom stereocenters. The molecule has 1 aliphatic rings. The lowest BCUT2D eigenvalue weighted by atomic mass is 10.0. The third-order valence-electron chi connectivity index (χ3n) is 2.55. The summed E-state index contributed by atoms with van der Waals surface area (Å²) < 4.78 is 0. The van der Waals surface area contributed by atoms with Crippen molar-refractivity contribution in [2.24, 2.45) is 4.99 Å². The summed E-state index contributed by atoms with van der Waals surface area (Å²) >= 11 is 0. The number of carbonyl (C=O) groups excluding carboxylic acids is 1. The summed E-state index contributed by atoms with van der Waals surface area (Å²) in [5.74, 6) is 2.57. The van der Waals surface area contributed by atoms with Gasteiger partial charge in [0.25, 0.3) is 0 Å². The van der Waals surface area contributed by atoms with Crippen LogP contribution in [-0.2, 0) is 10.3 Å². The SMILES string of the molecule is C#Cc1cccc(C2(N=C=O)CC2)c1. The number of isocyanates is 1. The third kappa shape index (κ3) is 1.35. The molecule has 1 saturated carbocycles. The zero-order valence-electron chi connectivity index (χ0n) is 7.66. The van der Waals surface area contributed by atoms with Crippen LogP contribution in [0.5, 0.6) is 0 Å². The summed E-state index contributed by atoms with van der Waals surface area (Å²) in [6, 6.07) is 7.62. The first-order valence-electron chi connectivity index (χ1n) is 4.47. The highest BCUT2D eigenvalue weighted by Gasteiger charge is 2.44. The summed E-state index contributed by atoms with van der Waals surface area (Å²) in [7, 11) is 0. The molecule has 0 unspecified atom stereocenters. The highest BCUT2D eigenvalue weighted by Crippen LogP contribution is 2.49. The van der Waals surface area contributed by atoms with Crippen molar-refractivity contribution in [2.75, 3.05) is 0 Å². The van der Waals surface area contributed by atoms with Gasteiger partial charge in [0.1, 0.15) is 0 Å². The molecule has 1 aliphatic carbocycles. The maximum absolute atomic E-state index is 10.3. The second kappa shape index (κ2) is 3.14. The highest BCUT2D eigenvalue weighted by atomic mass is 16.1. The fourth-order valence-corrected chi connectivity index (χ4v) is 1.57. The van der Waals surface area contributed by atoms with Crippen molar-refractivity contribution < 1.29 is 4.79 Å². The molecule has 0 radical (unpaired) electrons. The van der Waals surface area contributed by atoms with E-state index in [0.717, 1.165) is 24.0 Å². The van der Waals surface area contributed by atoms with Crippen molar-refractivity contribution in [2.45, 2.75) is 18.4 Å². The minimum atomic E-state index is -0.311. The molecule has 0 amide bonds. The second-order valence-corrected chi connectivity index (χ2v) is 3.46. The number of hydrogen-bond donors (Lipinski definition) is 0. The molecule has 14 heavy (non-hydrogen) atoms. The lowest BCUT2D eigenvalue weighted by molar-refractivity contribution is 0.556. The minimum Gasteiger partial charge on any atom is -0.211 e. The van der Waals surface area contributed by atoms with E-state index in [4.69, 9.17) is 6.42 Å². The molecule has 1 fully saturated rings. The molecule has 0 saturated heterocycles. The monoisotopic (exact) mass is 183 g/mol. The molecular formula is C12H9NO. The summed E-state index contributed by atoms with van der Waals surface area (Å²) in [6.45, 7) is 0. The van der Waals surface area contributed by atoms with Crippen LogP contribution in [0, 0.1) is 12.3 Å². The Labute approximate surface area is 82.7 Å². The number of aliphatic imine (C=N–C) groups is 1. The van der Waals surface area contributed by atoms with Crippen molar-refractivity contribution in [3.05, 3.63) is 35.4 Å². The first-order chi connectivity index (χ1) is 6.80. The van der Waals surface area contributed by atoms with E-state index in [2.05, 4.69) is 10.9 Å². The molecule has 0 spiro atoms. The smallest absolute Gasteiger partial charge is 0.211 e. The molecule has 0 aromatic heterocycles. The first kappa shape index (κ1) is 8.74. The van der Waals surface area contributed by atoms with E-state index in [0.29, 0.717) is 0 Å². The van der Waals surface area contributed by atoms with E-state index in [-0.39, 0.29) is 5.54 Å². The number of benzene rings is 1. The van der Waals surface area contributed by atoms with Gasteiger partial charge in [-0.25, -0.2) is 4.79 Å². The van der Waals surface area contributed by atoms with E-state index in [1.165, 1.54) is 0 Å². The summed E-state index contributed by atoms with van der Waals surface area (Å²) in [5, 5.41) is 0. The van der Waals surface area contributed by atoms with Crippen molar-refractivity contribution in [1.82, 2.24) is 0 Å². The molecule has 1 aromatic carbocycles. The van der Waals surface area contributed by atoms with Crippen LogP contribution in [0.4, 0.5) is 0 Å². The predicted molar refractivity (Wildman–Crippen MR) is 53.4 cm³/mol. The molecular weight excluding hydrogens is 174 g/mol. The van der Waals surface area contributed by atoms with E-state index in [1.807, 2.05) is 24.3 Å². The van der Waals surface area contributed by atoms with Crippen LogP contribution in [0.15, 0.2) is 29.3 Å². The Morgan fingerprint density at radius 1 is 1.43 bits per heavy atom. The lowest BCUT2D eigenvalue weighted by Gasteiger charge is -2.07. The molecule has 2 heteroatoms. The van der Waals surface area contributed by atoms with Gasteiger partial charge in [0, 0.05) is 5.56 Å². The fraction of sp³-hybridized carbons (Fsp3) is 0.250. The predicted octanol–water partition coefficient (Wildman–Crippen LogP) is 1.99. The molecule has 2 nitrogen and oxygen atoms in total.